The fraction of sp³-hybridized carbons (Fsp3) is 0.462. The summed E-state index contributed by atoms with van der Waals surface area (Å²) in [6.07, 6.45) is -5.35. The van der Waals surface area contributed by atoms with Gasteiger partial charge in [0, 0.05) is 6.54 Å². The second-order valence-corrected chi connectivity index (χ2v) is 4.58. The number of aliphatic carboxylic acids is 1. The van der Waals surface area contributed by atoms with Crippen molar-refractivity contribution in [2.24, 2.45) is 0 Å². The van der Waals surface area contributed by atoms with Crippen LogP contribution in [0.25, 0.3) is 0 Å². The van der Waals surface area contributed by atoms with Crippen LogP contribution in [0.2, 0.25) is 0 Å². The lowest BCUT2D eigenvalue weighted by Gasteiger charge is -2.19. The van der Waals surface area contributed by atoms with E-state index >= 15 is 0 Å². The van der Waals surface area contributed by atoms with Gasteiger partial charge in [-0.05, 0) is 31.3 Å². The van der Waals surface area contributed by atoms with Crippen molar-refractivity contribution in [3.8, 4) is 5.75 Å². The first-order valence-electron chi connectivity index (χ1n) is 6.07. The van der Waals surface area contributed by atoms with Crippen LogP contribution in [0, 0.1) is 0 Å². The SMILES string of the molecule is CN(CC(=O)O)CC(O)COc1ccc(C(F)(F)F)cc1. The summed E-state index contributed by atoms with van der Waals surface area (Å²) >= 11 is 0. The molecule has 0 aliphatic rings. The molecule has 0 heterocycles. The molecule has 0 aliphatic heterocycles. The minimum atomic E-state index is -4.41. The Hall–Kier alpha value is -1.80. The van der Waals surface area contributed by atoms with Crippen molar-refractivity contribution in [3.05, 3.63) is 29.8 Å². The fourth-order valence-electron chi connectivity index (χ4n) is 1.64. The quantitative estimate of drug-likeness (QED) is 0.798. The molecule has 0 fully saturated rings. The minimum Gasteiger partial charge on any atom is -0.491 e. The van der Waals surface area contributed by atoms with Gasteiger partial charge in [0.25, 0.3) is 0 Å². The predicted octanol–water partition coefficient (Wildman–Crippen LogP) is 1.46. The number of benzene rings is 1. The summed E-state index contributed by atoms with van der Waals surface area (Å²) in [7, 11) is 1.52. The van der Waals surface area contributed by atoms with Crippen molar-refractivity contribution in [2.45, 2.75) is 12.3 Å². The predicted molar refractivity (Wildman–Crippen MR) is 68.1 cm³/mol. The van der Waals surface area contributed by atoms with E-state index in [4.69, 9.17) is 9.84 Å². The van der Waals surface area contributed by atoms with Crippen LogP contribution in [0.4, 0.5) is 13.2 Å². The number of rotatable bonds is 7. The molecular weight excluding hydrogens is 291 g/mol. The minimum absolute atomic E-state index is 0.0763. The molecule has 1 rings (SSSR count). The fourth-order valence-corrected chi connectivity index (χ4v) is 1.64. The molecule has 0 amide bonds. The molecule has 1 atom stereocenters. The van der Waals surface area contributed by atoms with E-state index in [0.29, 0.717) is 0 Å². The summed E-state index contributed by atoms with van der Waals surface area (Å²) in [6, 6.07) is 4.10. The number of carboxylic acid groups (broad SMARTS) is 1. The molecule has 0 bridgehead atoms. The Balaban J connectivity index is 2.43. The van der Waals surface area contributed by atoms with Gasteiger partial charge in [-0.3, -0.25) is 9.69 Å². The molecule has 2 N–H and O–H groups in total. The first-order chi connectivity index (χ1) is 9.68. The average Bonchev–Trinajstić information content (AvgIpc) is 2.34. The van der Waals surface area contributed by atoms with E-state index in [2.05, 4.69) is 0 Å². The van der Waals surface area contributed by atoms with E-state index in [1.807, 2.05) is 0 Å². The highest BCUT2D eigenvalue weighted by Crippen LogP contribution is 2.30. The van der Waals surface area contributed by atoms with Crippen LogP contribution >= 0.6 is 0 Å². The number of halogens is 3. The topological polar surface area (TPSA) is 70.0 Å². The largest absolute Gasteiger partial charge is 0.491 e. The number of alkyl halides is 3. The molecule has 1 unspecified atom stereocenters. The third-order valence-electron chi connectivity index (χ3n) is 2.55. The molecule has 0 spiro atoms. The number of hydrogen-bond donors (Lipinski definition) is 2. The molecule has 5 nitrogen and oxygen atoms in total. The average molecular weight is 307 g/mol. The van der Waals surface area contributed by atoms with E-state index in [-0.39, 0.29) is 25.4 Å². The van der Waals surface area contributed by atoms with E-state index in [1.165, 1.54) is 11.9 Å². The van der Waals surface area contributed by atoms with E-state index in [1.54, 1.807) is 0 Å². The van der Waals surface area contributed by atoms with E-state index in [0.717, 1.165) is 24.3 Å². The molecule has 1 aromatic carbocycles. The van der Waals surface area contributed by atoms with Gasteiger partial charge >= 0.3 is 12.1 Å². The molecule has 0 aliphatic carbocycles. The van der Waals surface area contributed by atoms with Gasteiger partial charge in [-0.1, -0.05) is 0 Å². The summed E-state index contributed by atoms with van der Waals surface area (Å²) < 4.78 is 42.2. The van der Waals surface area contributed by atoms with Crippen LogP contribution in [0.3, 0.4) is 0 Å². The van der Waals surface area contributed by atoms with E-state index < -0.39 is 23.8 Å². The Morgan fingerprint density at radius 2 is 1.90 bits per heavy atom. The number of aliphatic hydroxyl groups excluding tert-OH is 1. The Kier molecular flexibility index (Phi) is 5.98. The highest BCUT2D eigenvalue weighted by molar-refractivity contribution is 5.68. The van der Waals surface area contributed by atoms with Gasteiger partial charge in [-0.15, -0.1) is 0 Å². The number of ether oxygens (including phenoxy) is 1. The maximum Gasteiger partial charge on any atom is 0.416 e. The first kappa shape index (κ1) is 17.3. The third-order valence-corrected chi connectivity index (χ3v) is 2.55. The zero-order chi connectivity index (χ0) is 16.0. The summed E-state index contributed by atoms with van der Waals surface area (Å²) in [5, 5.41) is 18.2. The molecular formula is C13H16F3NO4. The molecule has 0 radical (unpaired) electrons. The molecule has 8 heteroatoms. The van der Waals surface area contributed by atoms with Gasteiger partial charge in [0.15, 0.2) is 0 Å². The van der Waals surface area contributed by atoms with E-state index in [9.17, 15) is 23.1 Å². The highest BCUT2D eigenvalue weighted by Gasteiger charge is 2.30. The van der Waals surface area contributed by atoms with Crippen LogP contribution in [0.15, 0.2) is 24.3 Å². The van der Waals surface area contributed by atoms with Crippen molar-refractivity contribution >= 4 is 5.97 Å². The zero-order valence-corrected chi connectivity index (χ0v) is 11.3. The molecule has 0 saturated carbocycles. The van der Waals surface area contributed by atoms with Crippen molar-refractivity contribution in [1.82, 2.24) is 4.90 Å². The number of carbonyl (C=O) groups is 1. The summed E-state index contributed by atoms with van der Waals surface area (Å²) in [6.45, 7) is -0.292. The van der Waals surface area contributed by atoms with Crippen LogP contribution < -0.4 is 4.74 Å². The Labute approximate surface area is 119 Å². The van der Waals surface area contributed by atoms with Gasteiger partial charge in [0.05, 0.1) is 12.1 Å². The Bertz CT molecular complexity index is 461. The van der Waals surface area contributed by atoms with Crippen molar-refractivity contribution < 1.29 is 32.9 Å². The Morgan fingerprint density at radius 3 is 2.38 bits per heavy atom. The van der Waals surface area contributed by atoms with Crippen LogP contribution in [0.5, 0.6) is 5.75 Å². The van der Waals surface area contributed by atoms with Crippen LogP contribution in [0.1, 0.15) is 5.56 Å². The number of nitrogens with zero attached hydrogens (tertiary/aromatic N) is 1. The van der Waals surface area contributed by atoms with Gasteiger partial charge in [-0.2, -0.15) is 13.2 Å². The van der Waals surface area contributed by atoms with Gasteiger partial charge in [-0.25, -0.2) is 0 Å². The molecule has 0 saturated heterocycles. The lowest BCUT2D eigenvalue weighted by Crippen LogP contribution is -2.36. The van der Waals surface area contributed by atoms with Crippen LogP contribution in [-0.2, 0) is 11.0 Å². The lowest BCUT2D eigenvalue weighted by atomic mass is 10.2. The number of hydrogen-bond acceptors (Lipinski definition) is 4. The third kappa shape index (κ3) is 6.46. The maximum atomic E-state index is 12.3. The number of carboxylic acids is 1. The normalized spacial score (nSPS) is 13.2. The maximum absolute atomic E-state index is 12.3. The molecule has 118 valence electrons. The molecule has 21 heavy (non-hydrogen) atoms. The van der Waals surface area contributed by atoms with Crippen molar-refractivity contribution in [2.75, 3.05) is 26.7 Å². The number of likely N-dealkylation sites (N-methyl/N-ethyl adjacent to an activating group) is 1. The summed E-state index contributed by atoms with van der Waals surface area (Å²) in [5.74, 6) is -0.823. The van der Waals surface area contributed by atoms with Gasteiger partial charge in [0.1, 0.15) is 18.5 Å². The standard InChI is InChI=1S/C13H16F3NO4/c1-17(7-12(19)20)6-10(18)8-21-11-4-2-9(3-5-11)13(14,15)16/h2-5,10,18H,6-8H2,1H3,(H,19,20). The first-order valence-corrected chi connectivity index (χ1v) is 6.07. The lowest BCUT2D eigenvalue weighted by molar-refractivity contribution is -0.139. The van der Waals surface area contributed by atoms with Gasteiger partial charge < -0.3 is 14.9 Å². The summed E-state index contributed by atoms with van der Waals surface area (Å²) in [4.78, 5) is 11.8. The molecule has 1 aromatic rings. The second-order valence-electron chi connectivity index (χ2n) is 4.58. The Morgan fingerprint density at radius 1 is 1.33 bits per heavy atom. The number of aliphatic hydroxyl groups is 1. The van der Waals surface area contributed by atoms with Crippen LogP contribution in [-0.4, -0.2) is 53.9 Å². The smallest absolute Gasteiger partial charge is 0.416 e. The van der Waals surface area contributed by atoms with Crippen molar-refractivity contribution in [1.29, 1.82) is 0 Å². The highest BCUT2D eigenvalue weighted by atomic mass is 19.4. The monoisotopic (exact) mass is 307 g/mol. The van der Waals surface area contributed by atoms with Gasteiger partial charge in [0.2, 0.25) is 0 Å². The molecule has 0 aromatic heterocycles. The zero-order valence-electron chi connectivity index (χ0n) is 11.3. The van der Waals surface area contributed by atoms with Crippen molar-refractivity contribution in [3.63, 3.8) is 0 Å². The second kappa shape index (κ2) is 7.28. The summed E-state index contributed by atoms with van der Waals surface area (Å²) in [5.41, 5.74) is -0.781.